The molecule has 0 amide bonds. The molecule has 0 unspecified atom stereocenters. The molecule has 0 aliphatic rings. The summed E-state index contributed by atoms with van der Waals surface area (Å²) >= 11 is 7.85. The Labute approximate surface area is 174 Å². The lowest BCUT2D eigenvalue weighted by Crippen LogP contribution is -2.40. The second-order valence-electron chi connectivity index (χ2n) is 6.27. The maximum Gasteiger partial charge on any atom is 0.191 e. The number of nitrogens with zero attached hydrogens (tertiary/aromatic N) is 4. The van der Waals surface area contributed by atoms with Crippen molar-refractivity contribution >= 4 is 28.9 Å². The lowest BCUT2D eigenvalue weighted by atomic mass is 10.2. The van der Waals surface area contributed by atoms with Crippen LogP contribution in [0.25, 0.3) is 0 Å². The molecule has 148 valence electrons. The molecule has 0 radical (unpaired) electrons. The molecule has 0 aliphatic heterocycles. The van der Waals surface area contributed by atoms with Crippen molar-refractivity contribution in [2.24, 2.45) is 4.99 Å². The van der Waals surface area contributed by atoms with Crippen LogP contribution >= 0.6 is 22.9 Å². The Morgan fingerprint density at radius 2 is 2.11 bits per heavy atom. The van der Waals surface area contributed by atoms with E-state index in [4.69, 9.17) is 16.6 Å². The van der Waals surface area contributed by atoms with Crippen LogP contribution in [0.4, 0.5) is 0 Å². The number of halogens is 1. The maximum atomic E-state index is 6.08. The number of guanidine groups is 1. The van der Waals surface area contributed by atoms with Crippen molar-refractivity contribution in [1.82, 2.24) is 25.4 Å². The van der Waals surface area contributed by atoms with Crippen LogP contribution in [-0.2, 0) is 25.9 Å². The number of benzene rings is 1. The summed E-state index contributed by atoms with van der Waals surface area (Å²) in [6.07, 6.45) is 3.61. The van der Waals surface area contributed by atoms with Crippen molar-refractivity contribution in [1.29, 1.82) is 0 Å². The van der Waals surface area contributed by atoms with E-state index >= 15 is 0 Å². The predicted molar refractivity (Wildman–Crippen MR) is 116 cm³/mol. The monoisotopic (exact) mass is 416 g/mol. The van der Waals surface area contributed by atoms with Crippen LogP contribution in [0.5, 0.6) is 0 Å². The number of nitrogens with one attached hydrogen (secondary N) is 2. The Balaban J connectivity index is 1.56. The highest BCUT2D eigenvalue weighted by Crippen LogP contribution is 2.11. The van der Waals surface area contributed by atoms with Gasteiger partial charge < -0.3 is 15.2 Å². The molecule has 2 heterocycles. The van der Waals surface area contributed by atoms with Crippen molar-refractivity contribution in [3.8, 4) is 0 Å². The van der Waals surface area contributed by atoms with Crippen molar-refractivity contribution < 1.29 is 0 Å². The van der Waals surface area contributed by atoms with E-state index in [2.05, 4.69) is 49.8 Å². The highest BCUT2D eigenvalue weighted by atomic mass is 35.5. The Hall–Kier alpha value is -2.38. The number of hydrogen-bond donors (Lipinski definition) is 2. The second kappa shape index (κ2) is 10.8. The zero-order chi connectivity index (χ0) is 19.6. The third-order valence-electron chi connectivity index (χ3n) is 4.21. The Bertz CT molecular complexity index is 874. The summed E-state index contributed by atoms with van der Waals surface area (Å²) in [5.41, 5.74) is 1.08. The smallest absolute Gasteiger partial charge is 0.191 e. The van der Waals surface area contributed by atoms with E-state index in [1.54, 1.807) is 17.7 Å². The van der Waals surface area contributed by atoms with Gasteiger partial charge in [0.05, 0.1) is 6.54 Å². The summed E-state index contributed by atoms with van der Waals surface area (Å²) in [7, 11) is 0. The SMILES string of the molecule is CCc1nncn1CCNC(=NCc1cccc(Cl)c1)NCCc1cccs1. The summed E-state index contributed by atoms with van der Waals surface area (Å²) in [5, 5.41) is 17.8. The van der Waals surface area contributed by atoms with Gasteiger partial charge in [0.1, 0.15) is 12.2 Å². The van der Waals surface area contributed by atoms with Crippen LogP contribution in [0, 0.1) is 0 Å². The third-order valence-corrected chi connectivity index (χ3v) is 5.38. The molecule has 8 heteroatoms. The molecular weight excluding hydrogens is 392 g/mol. The molecule has 0 spiro atoms. The number of thiophene rings is 1. The van der Waals surface area contributed by atoms with E-state index in [1.807, 2.05) is 24.3 Å². The molecule has 0 bridgehead atoms. The normalized spacial score (nSPS) is 11.6. The van der Waals surface area contributed by atoms with Gasteiger partial charge in [0.25, 0.3) is 0 Å². The van der Waals surface area contributed by atoms with Gasteiger partial charge in [0.15, 0.2) is 5.96 Å². The quantitative estimate of drug-likeness (QED) is 0.413. The van der Waals surface area contributed by atoms with Gasteiger partial charge in [-0.3, -0.25) is 0 Å². The number of aromatic nitrogens is 3. The third kappa shape index (κ3) is 6.35. The largest absolute Gasteiger partial charge is 0.356 e. The molecule has 0 saturated heterocycles. The Kier molecular flexibility index (Phi) is 7.87. The molecule has 0 aliphatic carbocycles. The number of rotatable bonds is 9. The number of aliphatic imine (C=N–C) groups is 1. The van der Waals surface area contributed by atoms with Crippen molar-refractivity contribution in [2.75, 3.05) is 13.1 Å². The first-order chi connectivity index (χ1) is 13.7. The minimum Gasteiger partial charge on any atom is -0.356 e. The fourth-order valence-corrected chi connectivity index (χ4v) is 3.69. The van der Waals surface area contributed by atoms with Crippen LogP contribution in [-0.4, -0.2) is 33.8 Å². The van der Waals surface area contributed by atoms with E-state index in [0.717, 1.165) is 54.8 Å². The summed E-state index contributed by atoms with van der Waals surface area (Å²) in [6, 6.07) is 12.0. The standard InChI is InChI=1S/C20H25ClN6S/c1-2-19-26-25-15-27(19)11-10-23-20(22-9-8-18-7-4-12-28-18)24-14-16-5-3-6-17(21)13-16/h3-7,12-13,15H,2,8-11,14H2,1H3,(H2,22,23,24). The van der Waals surface area contributed by atoms with E-state index < -0.39 is 0 Å². The number of aryl methyl sites for hydroxylation is 1. The molecule has 0 atom stereocenters. The highest BCUT2D eigenvalue weighted by molar-refractivity contribution is 7.09. The first kappa shape index (κ1) is 20.4. The minimum absolute atomic E-state index is 0.571. The van der Waals surface area contributed by atoms with Crippen molar-refractivity contribution in [3.63, 3.8) is 0 Å². The fraction of sp³-hybridized carbons (Fsp3) is 0.350. The van der Waals surface area contributed by atoms with Crippen LogP contribution in [0.3, 0.4) is 0 Å². The van der Waals surface area contributed by atoms with Crippen LogP contribution in [0.1, 0.15) is 23.2 Å². The van der Waals surface area contributed by atoms with E-state index in [1.165, 1.54) is 4.88 Å². The average Bonchev–Trinajstić information content (AvgIpc) is 3.37. The Morgan fingerprint density at radius 1 is 1.21 bits per heavy atom. The van der Waals surface area contributed by atoms with Gasteiger partial charge in [-0.15, -0.1) is 21.5 Å². The first-order valence-corrected chi connectivity index (χ1v) is 10.7. The fourth-order valence-electron chi connectivity index (χ4n) is 2.77. The molecule has 2 aromatic heterocycles. The molecule has 6 nitrogen and oxygen atoms in total. The van der Waals surface area contributed by atoms with E-state index in [0.29, 0.717) is 6.54 Å². The molecule has 0 saturated carbocycles. The highest BCUT2D eigenvalue weighted by Gasteiger charge is 2.04. The molecule has 3 rings (SSSR count). The van der Waals surface area contributed by atoms with Gasteiger partial charge in [-0.25, -0.2) is 4.99 Å². The van der Waals surface area contributed by atoms with Crippen LogP contribution in [0.15, 0.2) is 53.1 Å². The minimum atomic E-state index is 0.571. The van der Waals surface area contributed by atoms with E-state index in [-0.39, 0.29) is 0 Å². The first-order valence-electron chi connectivity index (χ1n) is 9.40. The van der Waals surface area contributed by atoms with Gasteiger partial charge in [0, 0.05) is 36.0 Å². The second-order valence-corrected chi connectivity index (χ2v) is 7.74. The van der Waals surface area contributed by atoms with Gasteiger partial charge in [0.2, 0.25) is 0 Å². The zero-order valence-electron chi connectivity index (χ0n) is 15.9. The molecule has 28 heavy (non-hydrogen) atoms. The Morgan fingerprint density at radius 3 is 2.89 bits per heavy atom. The lowest BCUT2D eigenvalue weighted by Gasteiger charge is -2.13. The van der Waals surface area contributed by atoms with Gasteiger partial charge in [-0.2, -0.15) is 0 Å². The molecule has 3 aromatic rings. The van der Waals surface area contributed by atoms with Crippen molar-refractivity contribution in [3.05, 3.63) is 69.4 Å². The van der Waals surface area contributed by atoms with Crippen molar-refractivity contribution in [2.45, 2.75) is 32.9 Å². The van der Waals surface area contributed by atoms with Gasteiger partial charge >= 0.3 is 0 Å². The summed E-state index contributed by atoms with van der Waals surface area (Å²) in [5.74, 6) is 1.78. The molecule has 1 aromatic carbocycles. The predicted octanol–water partition coefficient (Wildman–Crippen LogP) is 3.53. The van der Waals surface area contributed by atoms with Gasteiger partial charge in [-0.05, 0) is 35.6 Å². The maximum absolute atomic E-state index is 6.08. The lowest BCUT2D eigenvalue weighted by molar-refractivity contribution is 0.631. The molecular formula is C20H25ClN6S. The summed E-state index contributed by atoms with van der Waals surface area (Å²) in [6.45, 7) is 5.01. The molecule has 0 fully saturated rings. The summed E-state index contributed by atoms with van der Waals surface area (Å²) in [4.78, 5) is 6.07. The molecule has 2 N–H and O–H groups in total. The van der Waals surface area contributed by atoms with Crippen LogP contribution in [0.2, 0.25) is 5.02 Å². The van der Waals surface area contributed by atoms with Crippen LogP contribution < -0.4 is 10.6 Å². The number of hydrogen-bond acceptors (Lipinski definition) is 4. The topological polar surface area (TPSA) is 67.1 Å². The summed E-state index contributed by atoms with van der Waals surface area (Å²) < 4.78 is 2.06. The zero-order valence-corrected chi connectivity index (χ0v) is 17.5. The van der Waals surface area contributed by atoms with Gasteiger partial charge in [-0.1, -0.05) is 36.7 Å². The average molecular weight is 417 g/mol. The van der Waals surface area contributed by atoms with E-state index in [9.17, 15) is 0 Å².